The van der Waals surface area contributed by atoms with Gasteiger partial charge in [-0.15, -0.1) is 0 Å². The average molecular weight is 424 g/mol. The molecule has 0 aromatic heterocycles. The highest BCUT2D eigenvalue weighted by molar-refractivity contribution is 6.29. The molecule has 0 aliphatic carbocycles. The van der Waals surface area contributed by atoms with Crippen molar-refractivity contribution in [2.45, 2.75) is 20.3 Å². The highest BCUT2D eigenvalue weighted by atomic mass is 16.6. The number of methoxy groups -OCH3 is 2. The first kappa shape index (κ1) is 23.4. The van der Waals surface area contributed by atoms with Crippen LogP contribution in [0.4, 0.5) is 0 Å². The van der Waals surface area contributed by atoms with Crippen LogP contribution in [0.25, 0.3) is 12.2 Å². The van der Waals surface area contributed by atoms with Crippen molar-refractivity contribution in [3.05, 3.63) is 70.3 Å². The minimum absolute atomic E-state index is 0.0674. The number of carboxylic acids is 1. The van der Waals surface area contributed by atoms with Gasteiger partial charge in [0, 0.05) is 5.56 Å². The van der Waals surface area contributed by atoms with E-state index in [1.807, 2.05) is 50.3 Å². The van der Waals surface area contributed by atoms with Gasteiger partial charge < -0.3 is 19.3 Å². The Kier molecular flexibility index (Phi) is 8.14. The Morgan fingerprint density at radius 2 is 1.71 bits per heavy atom. The molecule has 0 amide bonds. The van der Waals surface area contributed by atoms with Gasteiger partial charge >= 0.3 is 17.9 Å². The van der Waals surface area contributed by atoms with Crippen LogP contribution in [-0.4, -0.2) is 37.2 Å². The third kappa shape index (κ3) is 6.05. The highest BCUT2D eigenvalue weighted by Crippen LogP contribution is 2.38. The summed E-state index contributed by atoms with van der Waals surface area (Å²) in [5.74, 6) is -3.94. The number of carboxylic acid groups (broad SMARTS) is 1. The lowest BCUT2D eigenvalue weighted by Crippen LogP contribution is -2.22. The second-order valence-corrected chi connectivity index (χ2v) is 6.77. The number of benzene rings is 2. The number of esters is 2. The maximum Gasteiger partial charge on any atom is 0.422 e. The van der Waals surface area contributed by atoms with Crippen molar-refractivity contribution in [1.82, 2.24) is 0 Å². The number of ether oxygens (including phenoxy) is 3. The van der Waals surface area contributed by atoms with Crippen LogP contribution in [0.2, 0.25) is 0 Å². The number of hydrogen-bond acceptors (Lipinski definition) is 6. The number of hydrogen-bond donors (Lipinski definition) is 1. The Labute approximate surface area is 180 Å². The SMILES string of the molecule is COC(=O)c1c(C=Cc2ccccc2)cc(OC)c(CC=C(C)C)c1OC(=O)C(=O)O. The van der Waals surface area contributed by atoms with Crippen molar-refractivity contribution in [2.24, 2.45) is 0 Å². The van der Waals surface area contributed by atoms with Crippen molar-refractivity contribution in [3.8, 4) is 11.5 Å². The fourth-order valence-corrected chi connectivity index (χ4v) is 2.82. The molecule has 0 radical (unpaired) electrons. The molecule has 0 saturated carbocycles. The van der Waals surface area contributed by atoms with E-state index in [0.717, 1.165) is 11.1 Å². The van der Waals surface area contributed by atoms with Crippen molar-refractivity contribution >= 4 is 30.1 Å². The molecule has 1 N–H and O–H groups in total. The van der Waals surface area contributed by atoms with Gasteiger partial charge in [-0.1, -0.05) is 54.1 Å². The van der Waals surface area contributed by atoms with E-state index in [9.17, 15) is 14.4 Å². The summed E-state index contributed by atoms with van der Waals surface area (Å²) in [5.41, 5.74) is 2.49. The van der Waals surface area contributed by atoms with E-state index >= 15 is 0 Å². The van der Waals surface area contributed by atoms with E-state index in [2.05, 4.69) is 0 Å². The monoisotopic (exact) mass is 424 g/mol. The molecule has 2 aromatic rings. The van der Waals surface area contributed by atoms with E-state index < -0.39 is 17.9 Å². The Morgan fingerprint density at radius 1 is 1.03 bits per heavy atom. The molecular formula is C24H24O7. The summed E-state index contributed by atoms with van der Waals surface area (Å²) in [4.78, 5) is 35.7. The maximum absolute atomic E-state index is 12.7. The fraction of sp³-hybridized carbons (Fsp3) is 0.208. The van der Waals surface area contributed by atoms with Crippen LogP contribution in [0.5, 0.6) is 11.5 Å². The van der Waals surface area contributed by atoms with Gasteiger partial charge in [-0.25, -0.2) is 14.4 Å². The summed E-state index contributed by atoms with van der Waals surface area (Å²) < 4.78 is 15.5. The summed E-state index contributed by atoms with van der Waals surface area (Å²) in [6, 6.07) is 11.0. The van der Waals surface area contributed by atoms with Crippen LogP contribution in [0, 0.1) is 0 Å². The maximum atomic E-state index is 12.7. The van der Waals surface area contributed by atoms with Gasteiger partial charge in [-0.2, -0.15) is 0 Å². The van der Waals surface area contributed by atoms with E-state index in [1.54, 1.807) is 18.2 Å². The van der Waals surface area contributed by atoms with Gasteiger partial charge in [-0.3, -0.25) is 0 Å². The summed E-state index contributed by atoms with van der Waals surface area (Å²) >= 11 is 0. The second-order valence-electron chi connectivity index (χ2n) is 6.77. The van der Waals surface area contributed by atoms with Gasteiger partial charge in [0.2, 0.25) is 0 Å². The van der Waals surface area contributed by atoms with E-state index in [4.69, 9.17) is 19.3 Å². The molecule has 0 aliphatic rings. The van der Waals surface area contributed by atoms with Gasteiger partial charge in [0.25, 0.3) is 0 Å². The predicted molar refractivity (Wildman–Crippen MR) is 116 cm³/mol. The molecule has 0 fully saturated rings. The Balaban J connectivity index is 2.78. The number of carbonyl (C=O) groups excluding carboxylic acids is 2. The first-order chi connectivity index (χ1) is 14.8. The zero-order valence-corrected chi connectivity index (χ0v) is 17.8. The number of allylic oxidation sites excluding steroid dienone is 2. The van der Waals surface area contributed by atoms with Crippen LogP contribution < -0.4 is 9.47 Å². The molecule has 0 aliphatic heterocycles. The molecule has 0 heterocycles. The molecule has 2 aromatic carbocycles. The molecule has 7 heteroatoms. The van der Waals surface area contributed by atoms with Crippen LogP contribution in [0.3, 0.4) is 0 Å². The van der Waals surface area contributed by atoms with Gasteiger partial charge in [-0.05, 0) is 37.5 Å². The average Bonchev–Trinajstić information content (AvgIpc) is 2.76. The zero-order valence-electron chi connectivity index (χ0n) is 17.8. The van der Waals surface area contributed by atoms with Crippen LogP contribution >= 0.6 is 0 Å². The van der Waals surface area contributed by atoms with Gasteiger partial charge in [0.1, 0.15) is 11.3 Å². The molecule has 0 bridgehead atoms. The first-order valence-corrected chi connectivity index (χ1v) is 9.42. The molecule has 7 nitrogen and oxygen atoms in total. The minimum Gasteiger partial charge on any atom is -0.496 e. The number of aliphatic carboxylic acids is 1. The molecule has 0 saturated heterocycles. The molecule has 0 unspecified atom stereocenters. The van der Waals surface area contributed by atoms with E-state index in [1.165, 1.54) is 14.2 Å². The van der Waals surface area contributed by atoms with Crippen molar-refractivity contribution in [1.29, 1.82) is 0 Å². The summed E-state index contributed by atoms with van der Waals surface area (Å²) in [6.07, 6.45) is 5.50. The lowest BCUT2D eigenvalue weighted by atomic mass is 9.97. The smallest absolute Gasteiger partial charge is 0.422 e. The Bertz CT molecular complexity index is 1030. The van der Waals surface area contributed by atoms with Crippen molar-refractivity contribution in [2.75, 3.05) is 14.2 Å². The topological polar surface area (TPSA) is 99.1 Å². The molecule has 162 valence electrons. The van der Waals surface area contributed by atoms with Crippen LogP contribution in [0.1, 0.15) is 40.9 Å². The Morgan fingerprint density at radius 3 is 2.26 bits per heavy atom. The second kappa shape index (κ2) is 10.8. The van der Waals surface area contributed by atoms with Gasteiger partial charge in [0.15, 0.2) is 5.75 Å². The van der Waals surface area contributed by atoms with Crippen LogP contribution in [-0.2, 0) is 20.7 Å². The first-order valence-electron chi connectivity index (χ1n) is 9.42. The normalized spacial score (nSPS) is 10.5. The third-order valence-corrected chi connectivity index (χ3v) is 4.32. The molecule has 0 atom stereocenters. The van der Waals surface area contributed by atoms with Crippen LogP contribution in [0.15, 0.2) is 48.0 Å². The standard InChI is InChI=1S/C24H24O7/c1-15(2)10-13-18-19(29-3)14-17(12-11-16-8-6-5-7-9-16)20(23(27)30-4)21(18)31-24(28)22(25)26/h5-12,14H,13H2,1-4H3,(H,25,26). The number of rotatable bonds is 7. The predicted octanol–water partition coefficient (Wildman–Crippen LogP) is 4.15. The highest BCUT2D eigenvalue weighted by Gasteiger charge is 2.28. The van der Waals surface area contributed by atoms with Crippen molar-refractivity contribution in [3.63, 3.8) is 0 Å². The summed E-state index contributed by atoms with van der Waals surface area (Å²) in [5, 5.41) is 9.04. The largest absolute Gasteiger partial charge is 0.496 e. The summed E-state index contributed by atoms with van der Waals surface area (Å²) in [6.45, 7) is 3.77. The van der Waals surface area contributed by atoms with Crippen molar-refractivity contribution < 1.29 is 33.7 Å². The lowest BCUT2D eigenvalue weighted by Gasteiger charge is -2.18. The van der Waals surface area contributed by atoms with Gasteiger partial charge in [0.05, 0.1) is 14.2 Å². The quantitative estimate of drug-likeness (QED) is 0.234. The molecule has 2 rings (SSSR count). The molecular weight excluding hydrogens is 400 g/mol. The fourth-order valence-electron chi connectivity index (χ4n) is 2.82. The third-order valence-electron chi connectivity index (χ3n) is 4.32. The summed E-state index contributed by atoms with van der Waals surface area (Å²) in [7, 11) is 2.63. The minimum atomic E-state index is -1.78. The number of carbonyl (C=O) groups is 3. The lowest BCUT2D eigenvalue weighted by molar-refractivity contribution is -0.158. The van der Waals surface area contributed by atoms with E-state index in [-0.39, 0.29) is 17.7 Å². The zero-order chi connectivity index (χ0) is 23.0. The van der Waals surface area contributed by atoms with E-state index in [0.29, 0.717) is 16.9 Å². The molecule has 0 spiro atoms. The Hall–Kier alpha value is -3.87. The molecule has 31 heavy (non-hydrogen) atoms.